The van der Waals surface area contributed by atoms with Crippen LogP contribution in [0.25, 0.3) is 0 Å². The van der Waals surface area contributed by atoms with Crippen molar-refractivity contribution in [3.8, 4) is 0 Å². The van der Waals surface area contributed by atoms with Crippen LogP contribution >= 0.6 is 11.3 Å². The lowest BCUT2D eigenvalue weighted by atomic mass is 10.2. The SMILES string of the molecule is Cc1sc(C(=O)O)cc1CNCCC(C)O. The number of carbonyl (C=O) groups is 1. The van der Waals surface area contributed by atoms with E-state index in [1.165, 1.54) is 11.3 Å². The molecular formula is C11H17NO3S. The van der Waals surface area contributed by atoms with E-state index in [-0.39, 0.29) is 6.10 Å². The number of aliphatic hydroxyl groups is 1. The van der Waals surface area contributed by atoms with Gasteiger partial charge in [0.2, 0.25) is 0 Å². The van der Waals surface area contributed by atoms with E-state index in [0.717, 1.165) is 17.0 Å². The van der Waals surface area contributed by atoms with Gasteiger partial charge >= 0.3 is 5.97 Å². The van der Waals surface area contributed by atoms with Crippen molar-refractivity contribution in [3.05, 3.63) is 21.4 Å². The van der Waals surface area contributed by atoms with E-state index in [9.17, 15) is 4.79 Å². The zero-order valence-electron chi connectivity index (χ0n) is 9.49. The van der Waals surface area contributed by atoms with Crippen LogP contribution in [0.1, 0.15) is 33.5 Å². The highest BCUT2D eigenvalue weighted by molar-refractivity contribution is 7.14. The number of aromatic carboxylic acids is 1. The molecule has 0 radical (unpaired) electrons. The van der Waals surface area contributed by atoms with Crippen molar-refractivity contribution in [2.45, 2.75) is 32.9 Å². The highest BCUT2D eigenvalue weighted by atomic mass is 32.1. The normalized spacial score (nSPS) is 12.7. The number of carboxylic acid groups (broad SMARTS) is 1. The Morgan fingerprint density at radius 3 is 2.81 bits per heavy atom. The first kappa shape index (κ1) is 13.2. The summed E-state index contributed by atoms with van der Waals surface area (Å²) >= 11 is 1.30. The van der Waals surface area contributed by atoms with Crippen molar-refractivity contribution >= 4 is 17.3 Å². The molecule has 1 aromatic heterocycles. The van der Waals surface area contributed by atoms with Gasteiger partial charge in [-0.05, 0) is 38.4 Å². The summed E-state index contributed by atoms with van der Waals surface area (Å²) in [6.45, 7) is 5.06. The number of rotatable bonds is 6. The van der Waals surface area contributed by atoms with Crippen LogP contribution in [0.5, 0.6) is 0 Å². The molecule has 3 N–H and O–H groups in total. The fourth-order valence-corrected chi connectivity index (χ4v) is 2.22. The Hall–Kier alpha value is -0.910. The molecule has 1 aromatic rings. The molecule has 0 saturated heterocycles. The molecule has 1 unspecified atom stereocenters. The molecule has 0 bridgehead atoms. The number of aliphatic hydroxyl groups excluding tert-OH is 1. The predicted molar refractivity (Wildman–Crippen MR) is 64.0 cm³/mol. The molecule has 0 fully saturated rings. The van der Waals surface area contributed by atoms with Crippen LogP contribution in [0.15, 0.2) is 6.07 Å². The molecule has 0 aromatic carbocycles. The van der Waals surface area contributed by atoms with Gasteiger partial charge in [-0.3, -0.25) is 0 Å². The number of thiophene rings is 1. The monoisotopic (exact) mass is 243 g/mol. The summed E-state index contributed by atoms with van der Waals surface area (Å²) in [4.78, 5) is 12.2. The van der Waals surface area contributed by atoms with Gasteiger partial charge in [0.1, 0.15) is 4.88 Å². The predicted octanol–water partition coefficient (Wildman–Crippen LogP) is 1.62. The van der Waals surface area contributed by atoms with Gasteiger partial charge in [-0.2, -0.15) is 0 Å². The molecule has 0 aliphatic rings. The summed E-state index contributed by atoms with van der Waals surface area (Å²) in [6, 6.07) is 1.71. The highest BCUT2D eigenvalue weighted by Crippen LogP contribution is 2.21. The second-order valence-electron chi connectivity index (χ2n) is 3.81. The molecule has 0 aliphatic heterocycles. The molecule has 1 rings (SSSR count). The number of hydrogen-bond donors (Lipinski definition) is 3. The Kier molecular flexibility index (Phi) is 4.92. The summed E-state index contributed by atoms with van der Waals surface area (Å²) < 4.78 is 0. The summed E-state index contributed by atoms with van der Waals surface area (Å²) in [6.07, 6.45) is 0.403. The molecule has 16 heavy (non-hydrogen) atoms. The van der Waals surface area contributed by atoms with Crippen LogP contribution < -0.4 is 5.32 Å². The van der Waals surface area contributed by atoms with Crippen molar-refractivity contribution < 1.29 is 15.0 Å². The first-order valence-corrected chi connectivity index (χ1v) is 6.03. The fraction of sp³-hybridized carbons (Fsp3) is 0.545. The van der Waals surface area contributed by atoms with Crippen LogP contribution in [-0.2, 0) is 6.54 Å². The first-order chi connectivity index (χ1) is 7.50. The van der Waals surface area contributed by atoms with E-state index in [0.29, 0.717) is 17.8 Å². The summed E-state index contributed by atoms with van der Waals surface area (Å²) in [7, 11) is 0. The molecule has 4 nitrogen and oxygen atoms in total. The molecule has 90 valence electrons. The Labute approximate surface area is 98.9 Å². The van der Waals surface area contributed by atoms with E-state index in [2.05, 4.69) is 5.32 Å². The molecule has 1 heterocycles. The molecule has 0 amide bonds. The third kappa shape index (κ3) is 3.92. The molecule has 0 saturated carbocycles. The van der Waals surface area contributed by atoms with Crippen LogP contribution in [0, 0.1) is 6.92 Å². The van der Waals surface area contributed by atoms with Gasteiger partial charge < -0.3 is 15.5 Å². The maximum atomic E-state index is 10.7. The van der Waals surface area contributed by atoms with E-state index < -0.39 is 5.97 Å². The molecular weight excluding hydrogens is 226 g/mol. The van der Waals surface area contributed by atoms with E-state index in [1.807, 2.05) is 6.92 Å². The van der Waals surface area contributed by atoms with Gasteiger partial charge in [0.05, 0.1) is 6.10 Å². The quantitative estimate of drug-likeness (QED) is 0.664. The van der Waals surface area contributed by atoms with Crippen molar-refractivity contribution in [2.75, 3.05) is 6.54 Å². The third-order valence-corrected chi connectivity index (χ3v) is 3.37. The number of hydrogen-bond acceptors (Lipinski definition) is 4. The standard InChI is InChI=1S/C11H17NO3S/c1-7(13)3-4-12-6-9-5-10(11(14)15)16-8(9)2/h5,7,12-13H,3-4,6H2,1-2H3,(H,14,15). The Balaban J connectivity index is 2.45. The fourth-order valence-electron chi connectivity index (χ4n) is 1.33. The van der Waals surface area contributed by atoms with Gasteiger partial charge in [-0.25, -0.2) is 4.79 Å². The molecule has 0 aliphatic carbocycles. The smallest absolute Gasteiger partial charge is 0.345 e. The van der Waals surface area contributed by atoms with Crippen LogP contribution in [0.2, 0.25) is 0 Å². The number of nitrogens with one attached hydrogen (secondary N) is 1. The lowest BCUT2D eigenvalue weighted by Gasteiger charge is -2.05. The van der Waals surface area contributed by atoms with Crippen molar-refractivity contribution in [1.29, 1.82) is 0 Å². The van der Waals surface area contributed by atoms with Crippen molar-refractivity contribution in [1.82, 2.24) is 5.32 Å². The number of carboxylic acids is 1. The van der Waals surface area contributed by atoms with E-state index in [4.69, 9.17) is 10.2 Å². The largest absolute Gasteiger partial charge is 0.477 e. The molecule has 1 atom stereocenters. The van der Waals surface area contributed by atoms with Crippen LogP contribution in [0.4, 0.5) is 0 Å². The van der Waals surface area contributed by atoms with Crippen LogP contribution in [-0.4, -0.2) is 28.8 Å². The minimum absolute atomic E-state index is 0.300. The lowest BCUT2D eigenvalue weighted by Crippen LogP contribution is -2.18. The van der Waals surface area contributed by atoms with Gasteiger partial charge in [0.15, 0.2) is 0 Å². The lowest BCUT2D eigenvalue weighted by molar-refractivity contribution is 0.0702. The summed E-state index contributed by atoms with van der Waals surface area (Å²) in [5, 5.41) is 21.1. The average Bonchev–Trinajstić information content (AvgIpc) is 2.55. The van der Waals surface area contributed by atoms with Crippen LogP contribution in [0.3, 0.4) is 0 Å². The van der Waals surface area contributed by atoms with E-state index >= 15 is 0 Å². The summed E-state index contributed by atoms with van der Waals surface area (Å²) in [5.41, 5.74) is 1.02. The van der Waals surface area contributed by atoms with Gasteiger partial charge in [0.25, 0.3) is 0 Å². The molecule has 0 spiro atoms. The molecule has 5 heteroatoms. The summed E-state index contributed by atoms with van der Waals surface area (Å²) in [5.74, 6) is -0.872. The maximum absolute atomic E-state index is 10.7. The second-order valence-corrected chi connectivity index (χ2v) is 5.07. The first-order valence-electron chi connectivity index (χ1n) is 5.22. The van der Waals surface area contributed by atoms with Gasteiger partial charge in [-0.15, -0.1) is 11.3 Å². The van der Waals surface area contributed by atoms with Gasteiger partial charge in [-0.1, -0.05) is 0 Å². The minimum atomic E-state index is -0.872. The average molecular weight is 243 g/mol. The third-order valence-electron chi connectivity index (χ3n) is 2.29. The van der Waals surface area contributed by atoms with E-state index in [1.54, 1.807) is 13.0 Å². The van der Waals surface area contributed by atoms with Crippen molar-refractivity contribution in [3.63, 3.8) is 0 Å². The van der Waals surface area contributed by atoms with Gasteiger partial charge in [0, 0.05) is 11.4 Å². The topological polar surface area (TPSA) is 69.6 Å². The zero-order chi connectivity index (χ0) is 12.1. The van der Waals surface area contributed by atoms with Crippen molar-refractivity contribution in [2.24, 2.45) is 0 Å². The Morgan fingerprint density at radius 1 is 1.62 bits per heavy atom. The minimum Gasteiger partial charge on any atom is -0.477 e. The highest BCUT2D eigenvalue weighted by Gasteiger charge is 2.10. The second kappa shape index (κ2) is 5.98. The Bertz CT molecular complexity index is 360. The Morgan fingerprint density at radius 2 is 2.31 bits per heavy atom. The number of aryl methyl sites for hydroxylation is 1. The zero-order valence-corrected chi connectivity index (χ0v) is 10.3. The maximum Gasteiger partial charge on any atom is 0.345 e.